The quantitative estimate of drug-likeness (QED) is 0.473. The van der Waals surface area contributed by atoms with E-state index in [0.29, 0.717) is 32.1 Å². The number of halogens is 1. The van der Waals surface area contributed by atoms with Crippen LogP contribution in [0.15, 0.2) is 35.3 Å². The van der Waals surface area contributed by atoms with Gasteiger partial charge in [0.25, 0.3) is 5.56 Å². The maximum atomic E-state index is 12.0. The lowest BCUT2D eigenvalue weighted by molar-refractivity contribution is 0.109. The van der Waals surface area contributed by atoms with Crippen molar-refractivity contribution >= 4 is 47.0 Å². The van der Waals surface area contributed by atoms with Gasteiger partial charge in [0, 0.05) is 11.2 Å². The molecular formula is C17H15ClN4O5S. The minimum atomic E-state index is -1.60. The minimum Gasteiger partial charge on any atom is -0.465 e. The molecule has 0 bridgehead atoms. The van der Waals surface area contributed by atoms with Crippen LogP contribution in [0.4, 0.5) is 9.59 Å². The number of carbonyl (C=O) groups is 2. The molecule has 11 heteroatoms. The van der Waals surface area contributed by atoms with E-state index < -0.39 is 18.2 Å². The third-order valence-electron chi connectivity index (χ3n) is 4.39. The van der Waals surface area contributed by atoms with Crippen molar-refractivity contribution < 1.29 is 19.8 Å². The summed E-state index contributed by atoms with van der Waals surface area (Å²) in [6.07, 6.45) is -1.59. The monoisotopic (exact) mass is 422 g/mol. The zero-order valence-corrected chi connectivity index (χ0v) is 16.0. The van der Waals surface area contributed by atoms with Crippen LogP contribution in [-0.4, -0.2) is 41.8 Å². The van der Waals surface area contributed by atoms with Crippen molar-refractivity contribution in [3.8, 4) is 0 Å². The molecule has 146 valence electrons. The van der Waals surface area contributed by atoms with Gasteiger partial charge in [-0.15, -0.1) is 0 Å². The molecule has 0 radical (unpaired) electrons. The number of carboxylic acid groups (broad SMARTS) is 2. The molecule has 0 fully saturated rings. The van der Waals surface area contributed by atoms with Crippen molar-refractivity contribution in [3.05, 3.63) is 61.7 Å². The molecule has 1 atom stereocenters. The van der Waals surface area contributed by atoms with E-state index in [-0.39, 0.29) is 16.9 Å². The molecule has 0 aliphatic heterocycles. The highest BCUT2D eigenvalue weighted by atomic mass is 35.5. The number of amides is 2. The van der Waals surface area contributed by atoms with Crippen LogP contribution < -0.4 is 5.56 Å². The first-order valence-corrected chi connectivity index (χ1v) is 8.83. The third-order valence-corrected chi connectivity index (χ3v) is 4.95. The molecule has 3 rings (SSSR count). The summed E-state index contributed by atoms with van der Waals surface area (Å²) in [5.74, 6) is 0. The van der Waals surface area contributed by atoms with Gasteiger partial charge in [-0.05, 0) is 48.5 Å². The number of imide groups is 1. The number of hydrogen-bond acceptors (Lipinski definition) is 4. The van der Waals surface area contributed by atoms with Crippen molar-refractivity contribution in [2.24, 2.45) is 0 Å². The maximum Gasteiger partial charge on any atom is 0.417 e. The van der Waals surface area contributed by atoms with Gasteiger partial charge in [-0.2, -0.15) is 0 Å². The summed E-state index contributed by atoms with van der Waals surface area (Å²) in [5.41, 5.74) is 1.57. The highest BCUT2D eigenvalue weighted by Gasteiger charge is 2.29. The Morgan fingerprint density at radius 2 is 1.96 bits per heavy atom. The largest absolute Gasteiger partial charge is 0.465 e. The van der Waals surface area contributed by atoms with Gasteiger partial charge in [-0.1, -0.05) is 17.7 Å². The zero-order valence-electron chi connectivity index (χ0n) is 14.5. The van der Waals surface area contributed by atoms with E-state index in [2.05, 4.69) is 9.97 Å². The number of aromatic nitrogens is 3. The van der Waals surface area contributed by atoms with Gasteiger partial charge in [0.15, 0.2) is 4.77 Å². The number of H-pyrrole nitrogens is 2. The molecule has 28 heavy (non-hydrogen) atoms. The molecule has 0 spiro atoms. The molecule has 3 aromatic rings. The molecular weight excluding hydrogens is 408 g/mol. The fourth-order valence-electron chi connectivity index (χ4n) is 3.08. The predicted molar refractivity (Wildman–Crippen MR) is 105 cm³/mol. The molecule has 2 aromatic heterocycles. The second-order valence-electron chi connectivity index (χ2n) is 6.04. The standard InChI is InChI=1S/C17H15ClN4O5S/c1-8(22(16(24)25)17(26)27)11-6-10(18)3-2-9(11)7-21-12-4-5-19-13(12)14(23)20-15(21)28/h2-6,8,19H,7H2,1H3,(H,24,25)(H,26,27)(H,20,23,28)/t8-/m1/s1. The molecule has 2 heterocycles. The Morgan fingerprint density at radius 3 is 2.61 bits per heavy atom. The number of aromatic amines is 2. The lowest BCUT2D eigenvalue weighted by atomic mass is 10.00. The first-order valence-electron chi connectivity index (χ1n) is 8.04. The molecule has 0 aliphatic rings. The van der Waals surface area contributed by atoms with Crippen LogP contribution in [0, 0.1) is 4.77 Å². The van der Waals surface area contributed by atoms with Crippen LogP contribution in [-0.2, 0) is 6.54 Å². The van der Waals surface area contributed by atoms with E-state index in [1.807, 2.05) is 0 Å². The first-order chi connectivity index (χ1) is 13.2. The van der Waals surface area contributed by atoms with Crippen molar-refractivity contribution in [3.63, 3.8) is 0 Å². The van der Waals surface area contributed by atoms with Crippen molar-refractivity contribution in [1.29, 1.82) is 0 Å². The summed E-state index contributed by atoms with van der Waals surface area (Å²) >= 11 is 11.3. The summed E-state index contributed by atoms with van der Waals surface area (Å²) in [6.45, 7) is 1.63. The predicted octanol–water partition coefficient (Wildman–Crippen LogP) is 3.81. The Hall–Kier alpha value is -3.11. The summed E-state index contributed by atoms with van der Waals surface area (Å²) in [7, 11) is 0. The van der Waals surface area contributed by atoms with Gasteiger partial charge in [-0.25, -0.2) is 14.5 Å². The van der Waals surface area contributed by atoms with Gasteiger partial charge >= 0.3 is 12.2 Å². The fraction of sp³-hybridized carbons (Fsp3) is 0.176. The second kappa shape index (κ2) is 7.49. The Bertz CT molecular complexity index is 1180. The summed E-state index contributed by atoms with van der Waals surface area (Å²) in [6, 6.07) is 5.48. The number of rotatable bonds is 4. The van der Waals surface area contributed by atoms with Crippen LogP contribution in [0.1, 0.15) is 24.1 Å². The van der Waals surface area contributed by atoms with Gasteiger partial charge in [0.1, 0.15) is 5.52 Å². The molecule has 9 nitrogen and oxygen atoms in total. The van der Waals surface area contributed by atoms with E-state index in [0.717, 1.165) is 0 Å². The number of hydrogen-bond donors (Lipinski definition) is 4. The SMILES string of the molecule is C[C@H](c1cc(Cl)ccc1Cn1c(=S)[nH]c(=O)c2[nH]ccc21)N(C(=O)O)C(=O)O. The summed E-state index contributed by atoms with van der Waals surface area (Å²) in [4.78, 5) is 40.5. The summed E-state index contributed by atoms with van der Waals surface area (Å²) in [5, 5.41) is 18.9. The Labute approximate surface area is 167 Å². The summed E-state index contributed by atoms with van der Waals surface area (Å²) < 4.78 is 1.84. The van der Waals surface area contributed by atoms with Gasteiger partial charge in [-0.3, -0.25) is 9.78 Å². The highest BCUT2D eigenvalue weighted by Crippen LogP contribution is 2.28. The van der Waals surface area contributed by atoms with E-state index in [4.69, 9.17) is 23.8 Å². The fourth-order valence-corrected chi connectivity index (χ4v) is 3.52. The van der Waals surface area contributed by atoms with Crippen LogP contribution in [0.3, 0.4) is 0 Å². The van der Waals surface area contributed by atoms with Gasteiger partial charge in [0.05, 0.1) is 18.1 Å². The number of nitrogens with zero attached hydrogens (tertiary/aromatic N) is 2. The highest BCUT2D eigenvalue weighted by molar-refractivity contribution is 7.71. The lowest BCUT2D eigenvalue weighted by Gasteiger charge is -2.24. The normalized spacial score (nSPS) is 12.1. The van der Waals surface area contributed by atoms with Gasteiger partial charge in [0.2, 0.25) is 0 Å². The number of nitrogens with one attached hydrogen (secondary N) is 2. The van der Waals surface area contributed by atoms with E-state index >= 15 is 0 Å². The zero-order chi connectivity index (χ0) is 20.6. The van der Waals surface area contributed by atoms with Crippen molar-refractivity contribution in [2.75, 3.05) is 0 Å². The molecule has 2 amide bonds. The van der Waals surface area contributed by atoms with Gasteiger partial charge < -0.3 is 19.8 Å². The van der Waals surface area contributed by atoms with E-state index in [1.165, 1.54) is 13.0 Å². The molecule has 0 unspecified atom stereocenters. The Balaban J connectivity index is 2.14. The molecule has 4 N–H and O–H groups in total. The minimum absolute atomic E-state index is 0.174. The second-order valence-corrected chi connectivity index (χ2v) is 6.86. The van der Waals surface area contributed by atoms with Crippen LogP contribution in [0.5, 0.6) is 0 Å². The molecule has 0 saturated heterocycles. The van der Waals surface area contributed by atoms with Crippen LogP contribution in [0.2, 0.25) is 5.02 Å². The smallest absolute Gasteiger partial charge is 0.417 e. The Kier molecular flexibility index (Phi) is 5.25. The lowest BCUT2D eigenvalue weighted by Crippen LogP contribution is -2.37. The average Bonchev–Trinajstić information content (AvgIpc) is 3.09. The average molecular weight is 423 g/mol. The number of fused-ring (bicyclic) bond motifs is 1. The first kappa shape index (κ1) is 19.6. The molecule has 0 aliphatic carbocycles. The topological polar surface area (TPSA) is 131 Å². The Morgan fingerprint density at radius 1 is 1.29 bits per heavy atom. The van der Waals surface area contributed by atoms with Crippen LogP contribution in [0.25, 0.3) is 11.0 Å². The van der Waals surface area contributed by atoms with Crippen LogP contribution >= 0.6 is 23.8 Å². The van der Waals surface area contributed by atoms with Crippen molar-refractivity contribution in [1.82, 2.24) is 19.4 Å². The van der Waals surface area contributed by atoms with E-state index in [9.17, 15) is 24.6 Å². The number of benzene rings is 1. The molecule has 1 aromatic carbocycles. The van der Waals surface area contributed by atoms with Crippen molar-refractivity contribution in [2.45, 2.75) is 19.5 Å². The molecule has 0 saturated carbocycles. The third kappa shape index (κ3) is 3.51. The van der Waals surface area contributed by atoms with E-state index in [1.54, 1.807) is 29.0 Å². The maximum absolute atomic E-state index is 12.0.